The number of hydrogen-bond acceptors (Lipinski definition) is 3. The van der Waals surface area contributed by atoms with E-state index in [9.17, 15) is 9.90 Å². The Morgan fingerprint density at radius 3 is 3.00 bits per heavy atom. The third kappa shape index (κ3) is 3.96. The summed E-state index contributed by atoms with van der Waals surface area (Å²) in [6.45, 7) is 3.57. The van der Waals surface area contributed by atoms with Crippen LogP contribution >= 0.6 is 0 Å². The molecule has 19 heavy (non-hydrogen) atoms. The van der Waals surface area contributed by atoms with Crippen LogP contribution in [0, 0.1) is 6.92 Å². The predicted molar refractivity (Wildman–Crippen MR) is 75.4 cm³/mol. The van der Waals surface area contributed by atoms with Crippen molar-refractivity contribution in [1.82, 2.24) is 10.6 Å². The summed E-state index contributed by atoms with van der Waals surface area (Å²) in [5.41, 5.74) is 1.33. The normalized spacial score (nSPS) is 19.1. The molecule has 1 aromatic carbocycles. The van der Waals surface area contributed by atoms with Crippen LogP contribution in [-0.2, 0) is 0 Å². The monoisotopic (exact) mass is 262 g/mol. The van der Waals surface area contributed by atoms with E-state index >= 15 is 0 Å². The molecule has 2 rings (SSSR count). The number of aryl methyl sites for hydroxylation is 1. The molecule has 1 aliphatic heterocycles. The number of nitrogens with one attached hydrogen (secondary N) is 2. The quantitative estimate of drug-likeness (QED) is 0.777. The average Bonchev–Trinajstić information content (AvgIpc) is 2.43. The minimum absolute atomic E-state index is 0.0705. The van der Waals surface area contributed by atoms with E-state index in [2.05, 4.69) is 10.6 Å². The van der Waals surface area contributed by atoms with Gasteiger partial charge in [0.15, 0.2) is 0 Å². The molecular formula is C15H22N2O2. The number of carbonyl (C=O) groups excluding carboxylic acids is 1. The van der Waals surface area contributed by atoms with Crippen molar-refractivity contribution in [2.24, 2.45) is 0 Å². The van der Waals surface area contributed by atoms with Crippen LogP contribution in [0.15, 0.2) is 18.2 Å². The van der Waals surface area contributed by atoms with E-state index in [4.69, 9.17) is 0 Å². The largest absolute Gasteiger partial charge is 0.508 e. The van der Waals surface area contributed by atoms with Crippen LogP contribution in [0.3, 0.4) is 0 Å². The summed E-state index contributed by atoms with van der Waals surface area (Å²) in [7, 11) is 0. The minimum atomic E-state index is -0.0705. The molecule has 0 radical (unpaired) electrons. The fourth-order valence-corrected chi connectivity index (χ4v) is 2.43. The van der Waals surface area contributed by atoms with Gasteiger partial charge in [0.2, 0.25) is 0 Å². The maximum atomic E-state index is 11.9. The lowest BCUT2D eigenvalue weighted by Crippen LogP contribution is -2.37. The van der Waals surface area contributed by atoms with Crippen molar-refractivity contribution in [3.63, 3.8) is 0 Å². The van der Waals surface area contributed by atoms with Crippen LogP contribution in [0.4, 0.5) is 0 Å². The van der Waals surface area contributed by atoms with E-state index in [0.717, 1.165) is 18.5 Å². The highest BCUT2D eigenvalue weighted by Crippen LogP contribution is 2.16. The van der Waals surface area contributed by atoms with E-state index in [-0.39, 0.29) is 11.7 Å². The van der Waals surface area contributed by atoms with Crippen molar-refractivity contribution < 1.29 is 9.90 Å². The van der Waals surface area contributed by atoms with Crippen molar-refractivity contribution in [2.75, 3.05) is 13.1 Å². The lowest BCUT2D eigenvalue weighted by Gasteiger charge is -2.23. The fourth-order valence-electron chi connectivity index (χ4n) is 2.43. The van der Waals surface area contributed by atoms with Crippen molar-refractivity contribution in [3.8, 4) is 5.75 Å². The minimum Gasteiger partial charge on any atom is -0.508 e. The number of rotatable bonds is 4. The zero-order chi connectivity index (χ0) is 13.7. The Balaban J connectivity index is 1.78. The van der Waals surface area contributed by atoms with E-state index < -0.39 is 0 Å². The van der Waals surface area contributed by atoms with Crippen LogP contribution in [0.2, 0.25) is 0 Å². The Morgan fingerprint density at radius 1 is 1.47 bits per heavy atom. The first-order valence-electron chi connectivity index (χ1n) is 6.98. The van der Waals surface area contributed by atoms with Crippen LogP contribution in [0.25, 0.3) is 0 Å². The first-order chi connectivity index (χ1) is 9.16. The van der Waals surface area contributed by atoms with Crippen LogP contribution in [0.5, 0.6) is 5.75 Å². The molecule has 104 valence electrons. The zero-order valence-corrected chi connectivity index (χ0v) is 11.4. The number of carbonyl (C=O) groups is 1. The zero-order valence-electron chi connectivity index (χ0n) is 11.4. The third-order valence-corrected chi connectivity index (χ3v) is 3.65. The van der Waals surface area contributed by atoms with Crippen molar-refractivity contribution in [2.45, 2.75) is 38.6 Å². The molecule has 1 heterocycles. The summed E-state index contributed by atoms with van der Waals surface area (Å²) in [6, 6.07) is 5.46. The second kappa shape index (κ2) is 6.57. The molecule has 1 aromatic rings. The molecule has 3 N–H and O–H groups in total. The number of phenols is 1. The number of phenolic OH excluding ortho intramolecular Hbond substituents is 1. The van der Waals surface area contributed by atoms with Gasteiger partial charge in [-0.25, -0.2) is 0 Å². The van der Waals surface area contributed by atoms with Crippen molar-refractivity contribution >= 4 is 5.91 Å². The van der Waals surface area contributed by atoms with Gasteiger partial charge in [0, 0.05) is 18.2 Å². The number of amides is 1. The molecular weight excluding hydrogens is 240 g/mol. The molecule has 1 fully saturated rings. The van der Waals surface area contributed by atoms with Gasteiger partial charge >= 0.3 is 0 Å². The van der Waals surface area contributed by atoms with E-state index in [1.54, 1.807) is 25.1 Å². The summed E-state index contributed by atoms with van der Waals surface area (Å²) in [5.74, 6) is 0.155. The number of benzene rings is 1. The van der Waals surface area contributed by atoms with Gasteiger partial charge in [0.1, 0.15) is 5.75 Å². The molecule has 4 nitrogen and oxygen atoms in total. The van der Waals surface area contributed by atoms with Gasteiger partial charge in [-0.05, 0) is 56.5 Å². The molecule has 0 aliphatic carbocycles. The summed E-state index contributed by atoms with van der Waals surface area (Å²) >= 11 is 0. The summed E-state index contributed by atoms with van der Waals surface area (Å²) < 4.78 is 0. The molecule has 0 aromatic heterocycles. The Morgan fingerprint density at radius 2 is 2.32 bits per heavy atom. The highest BCUT2D eigenvalue weighted by Gasteiger charge is 2.13. The number of aromatic hydroxyl groups is 1. The Labute approximate surface area is 114 Å². The second-order valence-corrected chi connectivity index (χ2v) is 5.19. The molecule has 0 bridgehead atoms. The molecule has 0 saturated carbocycles. The second-order valence-electron chi connectivity index (χ2n) is 5.19. The van der Waals surface area contributed by atoms with Gasteiger partial charge in [-0.3, -0.25) is 4.79 Å². The van der Waals surface area contributed by atoms with Gasteiger partial charge in [-0.2, -0.15) is 0 Å². The highest BCUT2D eigenvalue weighted by atomic mass is 16.3. The Bertz CT molecular complexity index is 440. The molecule has 1 unspecified atom stereocenters. The summed E-state index contributed by atoms with van der Waals surface area (Å²) in [4.78, 5) is 11.9. The average molecular weight is 262 g/mol. The Hall–Kier alpha value is -1.55. The molecule has 1 saturated heterocycles. The van der Waals surface area contributed by atoms with Crippen molar-refractivity contribution in [1.29, 1.82) is 0 Å². The molecule has 4 heteroatoms. The predicted octanol–water partition coefficient (Wildman–Crippen LogP) is 1.96. The number of hydrogen-bond donors (Lipinski definition) is 3. The summed E-state index contributed by atoms with van der Waals surface area (Å²) in [5, 5.41) is 15.8. The SMILES string of the molecule is Cc1cc(C(=O)NCCC2CCCCN2)ccc1O. The maximum absolute atomic E-state index is 11.9. The van der Waals surface area contributed by atoms with Gasteiger partial charge in [-0.1, -0.05) is 6.42 Å². The van der Waals surface area contributed by atoms with Crippen molar-refractivity contribution in [3.05, 3.63) is 29.3 Å². The van der Waals surface area contributed by atoms with E-state index in [1.807, 2.05) is 0 Å². The smallest absolute Gasteiger partial charge is 0.251 e. The van der Waals surface area contributed by atoms with Gasteiger partial charge in [0.25, 0.3) is 5.91 Å². The fraction of sp³-hybridized carbons (Fsp3) is 0.533. The molecule has 1 aliphatic rings. The highest BCUT2D eigenvalue weighted by molar-refractivity contribution is 5.94. The standard InChI is InChI=1S/C15H22N2O2/c1-11-10-12(5-6-14(11)18)15(19)17-9-7-13-4-2-3-8-16-13/h5-6,10,13,16,18H,2-4,7-9H2,1H3,(H,17,19). The van der Waals surface area contributed by atoms with Crippen LogP contribution in [0.1, 0.15) is 41.6 Å². The van der Waals surface area contributed by atoms with E-state index in [0.29, 0.717) is 18.2 Å². The van der Waals surface area contributed by atoms with Gasteiger partial charge < -0.3 is 15.7 Å². The lowest BCUT2D eigenvalue weighted by atomic mass is 10.0. The molecule has 0 spiro atoms. The Kier molecular flexibility index (Phi) is 4.80. The van der Waals surface area contributed by atoms with Crippen LogP contribution < -0.4 is 10.6 Å². The lowest BCUT2D eigenvalue weighted by molar-refractivity contribution is 0.0951. The van der Waals surface area contributed by atoms with Gasteiger partial charge in [0.05, 0.1) is 0 Å². The number of piperidine rings is 1. The topological polar surface area (TPSA) is 61.4 Å². The first kappa shape index (κ1) is 13.9. The summed E-state index contributed by atoms with van der Waals surface area (Å²) in [6.07, 6.45) is 4.72. The first-order valence-corrected chi connectivity index (χ1v) is 6.98. The van der Waals surface area contributed by atoms with E-state index in [1.165, 1.54) is 19.3 Å². The maximum Gasteiger partial charge on any atom is 0.251 e. The van der Waals surface area contributed by atoms with Gasteiger partial charge in [-0.15, -0.1) is 0 Å². The van der Waals surface area contributed by atoms with Crippen LogP contribution in [-0.4, -0.2) is 30.1 Å². The molecule has 1 atom stereocenters. The third-order valence-electron chi connectivity index (χ3n) is 3.65. The molecule has 1 amide bonds.